The molecule has 19 heteroatoms. The number of hydrogen-bond donors (Lipinski definition) is 3. The lowest BCUT2D eigenvalue weighted by atomic mass is 9.99. The molecule has 0 aromatic carbocycles. The first-order valence-corrected chi connectivity index (χ1v) is 44.5. The van der Waals surface area contributed by atoms with Crippen LogP contribution in [-0.2, 0) is 65.4 Å². The van der Waals surface area contributed by atoms with Gasteiger partial charge in [0.05, 0.1) is 26.4 Å². The lowest BCUT2D eigenvalue weighted by molar-refractivity contribution is -0.161. The Hall–Kier alpha value is -1.94. The number of esters is 4. The van der Waals surface area contributed by atoms with Crippen molar-refractivity contribution in [3.05, 3.63) is 0 Å². The van der Waals surface area contributed by atoms with Gasteiger partial charge >= 0.3 is 39.5 Å². The Morgan fingerprint density at radius 1 is 0.293 bits per heavy atom. The van der Waals surface area contributed by atoms with Crippen molar-refractivity contribution >= 4 is 39.5 Å². The van der Waals surface area contributed by atoms with E-state index < -0.39 is 97.5 Å². The van der Waals surface area contributed by atoms with E-state index in [0.717, 1.165) is 115 Å². The minimum atomic E-state index is -4.96. The van der Waals surface area contributed by atoms with E-state index in [9.17, 15) is 43.2 Å². The summed E-state index contributed by atoms with van der Waals surface area (Å²) in [7, 11) is -9.91. The van der Waals surface area contributed by atoms with Gasteiger partial charge < -0.3 is 33.8 Å². The summed E-state index contributed by atoms with van der Waals surface area (Å²) in [4.78, 5) is 72.8. The van der Waals surface area contributed by atoms with Gasteiger partial charge in [-0.05, 0) is 37.5 Å². The highest BCUT2D eigenvalue weighted by atomic mass is 31.2. The fourth-order valence-corrected chi connectivity index (χ4v) is 13.9. The van der Waals surface area contributed by atoms with E-state index in [4.69, 9.17) is 37.0 Å². The normalized spacial score (nSPS) is 14.2. The molecule has 0 heterocycles. The van der Waals surface area contributed by atoms with Crippen LogP contribution in [0.25, 0.3) is 0 Å². The molecule has 0 aromatic rings. The van der Waals surface area contributed by atoms with Gasteiger partial charge in [-0.15, -0.1) is 0 Å². The van der Waals surface area contributed by atoms with Gasteiger partial charge in [0, 0.05) is 25.7 Å². The molecule has 588 valence electrons. The van der Waals surface area contributed by atoms with Crippen LogP contribution in [0.2, 0.25) is 0 Å². The Morgan fingerprint density at radius 3 is 0.768 bits per heavy atom. The molecule has 0 aromatic heterocycles. The number of carbonyl (C=O) groups excluding carboxylic acids is 4. The summed E-state index contributed by atoms with van der Waals surface area (Å²) >= 11 is 0. The molecule has 3 N–H and O–H groups in total. The van der Waals surface area contributed by atoms with E-state index in [2.05, 4.69) is 41.5 Å². The van der Waals surface area contributed by atoms with Crippen molar-refractivity contribution in [3.63, 3.8) is 0 Å². The Kier molecular flexibility index (Phi) is 70.3. The van der Waals surface area contributed by atoms with Gasteiger partial charge in [0.15, 0.2) is 12.2 Å². The first-order chi connectivity index (χ1) is 47.9. The van der Waals surface area contributed by atoms with Crippen LogP contribution >= 0.6 is 15.6 Å². The Bertz CT molecular complexity index is 1910. The first kappa shape index (κ1) is 97.1. The van der Waals surface area contributed by atoms with Crippen molar-refractivity contribution < 1.29 is 80.2 Å². The third-order valence-corrected chi connectivity index (χ3v) is 21.0. The zero-order valence-corrected chi connectivity index (χ0v) is 66.6. The summed E-state index contributed by atoms with van der Waals surface area (Å²) in [6.07, 6.45) is 61.2. The molecule has 0 spiro atoms. The summed E-state index contributed by atoms with van der Waals surface area (Å²) < 4.78 is 68.5. The van der Waals surface area contributed by atoms with Gasteiger partial charge in [-0.1, -0.05) is 369 Å². The zero-order chi connectivity index (χ0) is 72.8. The van der Waals surface area contributed by atoms with Gasteiger partial charge in [-0.25, -0.2) is 9.13 Å². The summed E-state index contributed by atoms with van der Waals surface area (Å²) in [5.41, 5.74) is 0. The monoisotopic (exact) mass is 1450 g/mol. The van der Waals surface area contributed by atoms with Gasteiger partial charge in [-0.2, -0.15) is 0 Å². The summed E-state index contributed by atoms with van der Waals surface area (Å²) in [5.74, 6) is -0.444. The van der Waals surface area contributed by atoms with Crippen molar-refractivity contribution in [2.75, 3.05) is 39.6 Å². The molecule has 99 heavy (non-hydrogen) atoms. The number of ether oxygens (including phenoxy) is 4. The second-order valence-electron chi connectivity index (χ2n) is 29.5. The molecule has 0 fully saturated rings. The molecule has 0 saturated heterocycles. The van der Waals surface area contributed by atoms with E-state index in [1.807, 2.05) is 0 Å². The van der Waals surface area contributed by atoms with E-state index in [-0.39, 0.29) is 25.7 Å². The number of aliphatic hydroxyl groups excluding tert-OH is 1. The summed E-state index contributed by atoms with van der Waals surface area (Å²) in [6.45, 7) is 9.68. The van der Waals surface area contributed by atoms with Gasteiger partial charge in [0.2, 0.25) is 0 Å². The van der Waals surface area contributed by atoms with Crippen LogP contribution in [0.5, 0.6) is 0 Å². The van der Waals surface area contributed by atoms with Gasteiger partial charge in [-0.3, -0.25) is 37.3 Å². The molecule has 0 aliphatic carbocycles. The zero-order valence-electron chi connectivity index (χ0n) is 64.8. The fourth-order valence-electron chi connectivity index (χ4n) is 12.3. The van der Waals surface area contributed by atoms with E-state index in [1.54, 1.807) is 0 Å². The highest BCUT2D eigenvalue weighted by Gasteiger charge is 2.30. The summed E-state index contributed by atoms with van der Waals surface area (Å²) in [5, 5.41) is 10.6. The van der Waals surface area contributed by atoms with Gasteiger partial charge in [0.25, 0.3) is 0 Å². The lowest BCUT2D eigenvalue weighted by Crippen LogP contribution is -2.30. The smallest absolute Gasteiger partial charge is 0.462 e. The molecule has 6 atom stereocenters. The van der Waals surface area contributed by atoms with E-state index in [1.165, 1.54) is 225 Å². The molecule has 0 amide bonds. The molecule has 0 radical (unpaired) electrons. The highest BCUT2D eigenvalue weighted by Crippen LogP contribution is 2.45. The van der Waals surface area contributed by atoms with Crippen LogP contribution in [-0.4, -0.2) is 96.7 Å². The molecular formula is C80H156O17P2. The number of phosphoric acid groups is 2. The van der Waals surface area contributed by atoms with E-state index >= 15 is 0 Å². The number of hydrogen-bond acceptors (Lipinski definition) is 15. The van der Waals surface area contributed by atoms with Crippen LogP contribution in [0.15, 0.2) is 0 Å². The minimum Gasteiger partial charge on any atom is -0.462 e. The molecule has 0 aliphatic heterocycles. The van der Waals surface area contributed by atoms with Crippen LogP contribution in [0.3, 0.4) is 0 Å². The van der Waals surface area contributed by atoms with Crippen molar-refractivity contribution in [2.24, 2.45) is 11.8 Å². The van der Waals surface area contributed by atoms with Crippen molar-refractivity contribution in [1.82, 2.24) is 0 Å². The molecule has 0 aliphatic rings. The van der Waals surface area contributed by atoms with Crippen molar-refractivity contribution in [2.45, 2.75) is 439 Å². The molecule has 17 nitrogen and oxygen atoms in total. The summed E-state index contributed by atoms with van der Waals surface area (Å²) in [6, 6.07) is 0. The quantitative estimate of drug-likeness (QED) is 0.0222. The number of carbonyl (C=O) groups is 4. The molecule has 0 rings (SSSR count). The predicted octanol–water partition coefficient (Wildman–Crippen LogP) is 23.9. The lowest BCUT2D eigenvalue weighted by Gasteiger charge is -2.21. The third-order valence-electron chi connectivity index (χ3n) is 19.1. The average molecular weight is 1450 g/mol. The predicted molar refractivity (Wildman–Crippen MR) is 405 cm³/mol. The fraction of sp³-hybridized carbons (Fsp3) is 0.950. The van der Waals surface area contributed by atoms with Crippen molar-refractivity contribution in [1.29, 1.82) is 0 Å². The maximum Gasteiger partial charge on any atom is 0.472 e. The van der Waals surface area contributed by atoms with Crippen LogP contribution in [0.4, 0.5) is 0 Å². The topological polar surface area (TPSA) is 237 Å². The second kappa shape index (κ2) is 71.7. The maximum absolute atomic E-state index is 13.1. The molecule has 3 unspecified atom stereocenters. The highest BCUT2D eigenvalue weighted by molar-refractivity contribution is 7.47. The van der Waals surface area contributed by atoms with E-state index in [0.29, 0.717) is 25.7 Å². The van der Waals surface area contributed by atoms with Crippen LogP contribution < -0.4 is 0 Å². The second-order valence-corrected chi connectivity index (χ2v) is 32.4. The number of phosphoric ester groups is 2. The maximum atomic E-state index is 13.1. The molecular weight excluding hydrogens is 1290 g/mol. The largest absolute Gasteiger partial charge is 0.472 e. The minimum absolute atomic E-state index is 0.107. The van der Waals surface area contributed by atoms with Gasteiger partial charge in [0.1, 0.15) is 19.3 Å². The number of aliphatic hydroxyl groups is 1. The SMILES string of the molecule is CCCCCCCCCCCCCCCC(=O)O[C@H](COC(=O)CCCCCCCCC)COP(=O)(O)OC[C@H](O)COP(=O)(O)OC[C@@H](COC(=O)CCCCCCCCCCCCCCCCC(C)C)OC(=O)CCCCCCCCCCCCCCCCCCCCC(C)CC. The molecule has 0 bridgehead atoms. The number of rotatable bonds is 79. The Morgan fingerprint density at radius 2 is 0.515 bits per heavy atom. The standard InChI is InChI=1S/C80H156O17P2/c1-7-10-12-14-16-17-18-27-35-40-46-52-58-64-79(84)96-75(68-90-77(82)62-56-50-42-15-13-11-8-2)70-94-98(86,87)92-66-74(81)67-93-99(88,89)95-71-76(69-91-78(83)63-57-51-45-39-34-30-26-25-28-32-37-43-48-54-60-72(4)5)97-80(85)65-59-53-47-41-36-31-24-22-20-19-21-23-29-33-38-44-49-55-61-73(6)9-3/h72-76,81H,7-71H2,1-6H3,(H,86,87)(H,88,89)/t73?,74-,75+,76+/m0/s1. The average Bonchev–Trinajstić information content (AvgIpc) is 1.05. The first-order valence-electron chi connectivity index (χ1n) is 41.5. The Labute approximate surface area is 607 Å². The number of unbranched alkanes of at least 4 members (excludes halogenated alkanes) is 48. The van der Waals surface area contributed by atoms with Crippen LogP contribution in [0.1, 0.15) is 420 Å². The van der Waals surface area contributed by atoms with Crippen LogP contribution in [0, 0.1) is 11.8 Å². The third kappa shape index (κ3) is 72.8. The Balaban J connectivity index is 5.16. The van der Waals surface area contributed by atoms with Crippen molar-refractivity contribution in [3.8, 4) is 0 Å². The molecule has 0 saturated carbocycles.